The topological polar surface area (TPSA) is 83.3 Å². The van der Waals surface area contributed by atoms with Gasteiger partial charge in [-0.05, 0) is 52.3 Å². The van der Waals surface area contributed by atoms with Crippen molar-refractivity contribution in [2.45, 2.75) is 40.7 Å². The van der Waals surface area contributed by atoms with E-state index in [1.54, 1.807) is 18.4 Å². The van der Waals surface area contributed by atoms with E-state index >= 15 is 0 Å². The number of carbonyl (C=O) groups excluding carboxylic acids is 1. The number of aryl methyl sites for hydroxylation is 3. The molecule has 156 valence electrons. The molecule has 0 aliphatic carbocycles. The molecule has 0 radical (unpaired) electrons. The monoisotopic (exact) mass is 427 g/mol. The van der Waals surface area contributed by atoms with Crippen LogP contribution in [0.2, 0.25) is 5.02 Å². The summed E-state index contributed by atoms with van der Waals surface area (Å²) in [6.45, 7) is 8.65. The number of aromatic nitrogens is 5. The van der Waals surface area contributed by atoms with Gasteiger partial charge in [-0.15, -0.1) is 0 Å². The van der Waals surface area contributed by atoms with Crippen LogP contribution in [0.5, 0.6) is 0 Å². The van der Waals surface area contributed by atoms with E-state index in [2.05, 4.69) is 4.98 Å². The number of halogens is 1. The van der Waals surface area contributed by atoms with Gasteiger partial charge in [-0.3, -0.25) is 23.1 Å². The molecule has 1 unspecified atom stereocenters. The Labute approximate surface area is 176 Å². The van der Waals surface area contributed by atoms with Crippen LogP contribution in [0.4, 0.5) is 0 Å². The predicted molar refractivity (Wildman–Crippen MR) is 116 cm³/mol. The number of fused-ring (bicyclic) bond motifs is 3. The molecule has 0 spiro atoms. The Morgan fingerprint density at radius 1 is 1.13 bits per heavy atom. The molecule has 1 aromatic carbocycles. The van der Waals surface area contributed by atoms with Crippen LogP contribution in [-0.4, -0.2) is 28.9 Å². The number of carbonyl (C=O) groups is 1. The highest BCUT2D eigenvalue weighted by Gasteiger charge is 2.25. The summed E-state index contributed by atoms with van der Waals surface area (Å²) in [6.07, 6.45) is 0. The summed E-state index contributed by atoms with van der Waals surface area (Å²) in [5.41, 5.74) is 2.87. The fourth-order valence-electron chi connectivity index (χ4n) is 3.77. The third-order valence-corrected chi connectivity index (χ3v) is 6.26. The molecule has 0 N–H and O–H groups in total. The Kier molecular flexibility index (Phi) is 4.50. The maximum absolute atomic E-state index is 13.3. The summed E-state index contributed by atoms with van der Waals surface area (Å²) in [5.74, 6) is 0.231. The van der Waals surface area contributed by atoms with Crippen molar-refractivity contribution < 1.29 is 4.79 Å². The van der Waals surface area contributed by atoms with Gasteiger partial charge in [0.15, 0.2) is 16.9 Å². The van der Waals surface area contributed by atoms with Crippen molar-refractivity contribution >= 4 is 34.3 Å². The van der Waals surface area contributed by atoms with E-state index < -0.39 is 17.3 Å². The second kappa shape index (κ2) is 6.70. The molecule has 0 saturated carbocycles. The van der Waals surface area contributed by atoms with Crippen molar-refractivity contribution in [1.29, 1.82) is 0 Å². The summed E-state index contributed by atoms with van der Waals surface area (Å²) in [4.78, 5) is 42.7. The molecule has 9 heteroatoms. The Hall–Kier alpha value is -3.13. The third kappa shape index (κ3) is 2.60. The second-order valence-electron chi connectivity index (χ2n) is 7.66. The van der Waals surface area contributed by atoms with Crippen molar-refractivity contribution in [3.8, 4) is 5.69 Å². The van der Waals surface area contributed by atoms with Gasteiger partial charge >= 0.3 is 5.69 Å². The van der Waals surface area contributed by atoms with Gasteiger partial charge in [0.05, 0.1) is 11.7 Å². The summed E-state index contributed by atoms with van der Waals surface area (Å²) in [5, 5.41) is 0.623. The zero-order chi connectivity index (χ0) is 22.1. The zero-order valence-electron chi connectivity index (χ0n) is 17.6. The fourth-order valence-corrected chi connectivity index (χ4v) is 3.95. The lowest BCUT2D eigenvalue weighted by molar-refractivity contribution is -0.119. The van der Waals surface area contributed by atoms with Crippen molar-refractivity contribution in [3.05, 3.63) is 61.0 Å². The molecule has 0 bridgehead atoms. The average molecular weight is 428 g/mol. The number of Topliss-reactive ketones (excluding diaryl/α,β-unsaturated/α-hetero) is 1. The standard InChI is InChI=1S/C21H22ClN5O3/c1-10-7-8-15(9-16(10)22)25-11(2)12(3)26-17-18(23-20(25)26)24(6)21(30)27(19(17)29)13(4)14(5)28/h7-9,13H,1-6H3. The van der Waals surface area contributed by atoms with Gasteiger partial charge in [-0.1, -0.05) is 17.7 Å². The lowest BCUT2D eigenvalue weighted by Gasteiger charge is -2.12. The van der Waals surface area contributed by atoms with E-state index in [0.717, 1.165) is 27.2 Å². The van der Waals surface area contributed by atoms with E-state index in [1.807, 2.05) is 43.5 Å². The van der Waals surface area contributed by atoms with Crippen LogP contribution in [-0.2, 0) is 11.8 Å². The predicted octanol–water partition coefficient (Wildman–Crippen LogP) is 2.87. The maximum Gasteiger partial charge on any atom is 0.333 e. The van der Waals surface area contributed by atoms with Crippen LogP contribution in [0.25, 0.3) is 22.6 Å². The smallest absolute Gasteiger partial charge is 0.298 e. The summed E-state index contributed by atoms with van der Waals surface area (Å²) in [7, 11) is 1.55. The van der Waals surface area contributed by atoms with Gasteiger partial charge < -0.3 is 0 Å². The Bertz CT molecular complexity index is 1490. The van der Waals surface area contributed by atoms with Crippen molar-refractivity contribution in [2.24, 2.45) is 7.05 Å². The van der Waals surface area contributed by atoms with Gasteiger partial charge in [0, 0.05) is 23.5 Å². The fraction of sp³-hybridized carbons (Fsp3) is 0.333. The molecule has 3 aromatic heterocycles. The Morgan fingerprint density at radius 2 is 1.80 bits per heavy atom. The first-order valence-electron chi connectivity index (χ1n) is 9.54. The molecule has 4 aromatic rings. The third-order valence-electron chi connectivity index (χ3n) is 5.86. The number of hydrogen-bond acceptors (Lipinski definition) is 4. The van der Waals surface area contributed by atoms with E-state index in [0.29, 0.717) is 10.8 Å². The van der Waals surface area contributed by atoms with E-state index in [4.69, 9.17) is 11.6 Å². The lowest BCUT2D eigenvalue weighted by atomic mass is 10.2. The normalized spacial score (nSPS) is 12.8. The van der Waals surface area contributed by atoms with Crippen LogP contribution in [0, 0.1) is 20.8 Å². The highest BCUT2D eigenvalue weighted by molar-refractivity contribution is 6.31. The zero-order valence-corrected chi connectivity index (χ0v) is 18.4. The van der Waals surface area contributed by atoms with Gasteiger partial charge in [-0.25, -0.2) is 9.36 Å². The molecule has 4 rings (SSSR count). The van der Waals surface area contributed by atoms with Gasteiger partial charge in [0.2, 0.25) is 5.78 Å². The maximum atomic E-state index is 13.3. The van der Waals surface area contributed by atoms with E-state index in [9.17, 15) is 14.4 Å². The van der Waals surface area contributed by atoms with Crippen molar-refractivity contribution in [3.63, 3.8) is 0 Å². The van der Waals surface area contributed by atoms with E-state index in [1.165, 1.54) is 11.5 Å². The van der Waals surface area contributed by atoms with Crippen LogP contribution in [0.1, 0.15) is 36.8 Å². The van der Waals surface area contributed by atoms with Crippen LogP contribution in [0.3, 0.4) is 0 Å². The minimum atomic E-state index is -0.870. The van der Waals surface area contributed by atoms with E-state index in [-0.39, 0.29) is 16.9 Å². The molecule has 1 atom stereocenters. The molecule has 3 heterocycles. The summed E-state index contributed by atoms with van der Waals surface area (Å²) in [6, 6.07) is 4.83. The molecule has 0 saturated heterocycles. The Balaban J connectivity index is 2.19. The van der Waals surface area contributed by atoms with Gasteiger partial charge in [-0.2, -0.15) is 4.98 Å². The first kappa shape index (κ1) is 20.2. The van der Waals surface area contributed by atoms with Gasteiger partial charge in [0.1, 0.15) is 0 Å². The van der Waals surface area contributed by atoms with Gasteiger partial charge in [0.25, 0.3) is 5.56 Å². The average Bonchev–Trinajstić information content (AvgIpc) is 3.18. The van der Waals surface area contributed by atoms with Crippen molar-refractivity contribution in [2.75, 3.05) is 0 Å². The first-order valence-corrected chi connectivity index (χ1v) is 9.92. The first-order chi connectivity index (χ1) is 14.1. The number of rotatable bonds is 3. The largest absolute Gasteiger partial charge is 0.333 e. The Morgan fingerprint density at radius 3 is 2.40 bits per heavy atom. The molecular formula is C21H22ClN5O3. The quantitative estimate of drug-likeness (QED) is 0.503. The SMILES string of the molecule is CC(=O)C(C)n1c(=O)c2c(nc3n(-c4ccc(C)c(Cl)c4)c(C)c(C)n23)n(C)c1=O. The number of imidazole rings is 2. The number of hydrogen-bond donors (Lipinski definition) is 0. The molecule has 0 amide bonds. The molecule has 0 fully saturated rings. The second-order valence-corrected chi connectivity index (χ2v) is 8.07. The molecule has 8 nitrogen and oxygen atoms in total. The highest BCUT2D eigenvalue weighted by Crippen LogP contribution is 2.27. The molecule has 0 aliphatic heterocycles. The van der Waals surface area contributed by atoms with Crippen LogP contribution in [0.15, 0.2) is 27.8 Å². The minimum absolute atomic E-state index is 0.262. The van der Waals surface area contributed by atoms with Crippen molar-refractivity contribution in [1.82, 2.24) is 23.1 Å². The minimum Gasteiger partial charge on any atom is -0.298 e. The molecule has 0 aliphatic rings. The van der Waals surface area contributed by atoms with Crippen LogP contribution >= 0.6 is 11.6 Å². The summed E-state index contributed by atoms with van der Waals surface area (Å²) < 4.78 is 5.95. The number of ketones is 1. The molecule has 30 heavy (non-hydrogen) atoms. The highest BCUT2D eigenvalue weighted by atomic mass is 35.5. The summed E-state index contributed by atoms with van der Waals surface area (Å²) >= 11 is 6.34. The molecular weight excluding hydrogens is 406 g/mol. The van der Waals surface area contributed by atoms with Crippen LogP contribution < -0.4 is 11.2 Å². The number of nitrogens with zero attached hydrogens (tertiary/aromatic N) is 5. The lowest BCUT2D eigenvalue weighted by Crippen LogP contribution is -2.42. The number of benzene rings is 1.